The Kier molecular flexibility index (Phi) is 6.79. The summed E-state index contributed by atoms with van der Waals surface area (Å²) in [4.78, 5) is 14.3. The summed E-state index contributed by atoms with van der Waals surface area (Å²) < 4.78 is 13.2. The van der Waals surface area contributed by atoms with E-state index in [1.54, 1.807) is 12.1 Å². The molecule has 5 rings (SSSR count). The maximum absolute atomic E-state index is 13.2. The molecule has 2 aliphatic heterocycles. The highest BCUT2D eigenvalue weighted by Crippen LogP contribution is 2.30. The molecule has 0 atom stereocenters. The summed E-state index contributed by atoms with van der Waals surface area (Å²) in [5, 5.41) is 6.93. The molecule has 2 saturated heterocycles. The lowest BCUT2D eigenvalue weighted by molar-refractivity contribution is 0.233. The molecular weight excluding hydrogens is 415 g/mol. The summed E-state index contributed by atoms with van der Waals surface area (Å²) >= 11 is 0. The van der Waals surface area contributed by atoms with Gasteiger partial charge in [0.05, 0.1) is 5.69 Å². The van der Waals surface area contributed by atoms with Crippen LogP contribution in [0.15, 0.2) is 60.9 Å². The number of aromatic nitrogens is 2. The SMILES string of the molecule is Fc1ccc(NC2CCN(c3ncccc3-c3ccc(CN4CCNCC4)cn3)CC2)cc1. The highest BCUT2D eigenvalue weighted by atomic mass is 19.1. The zero-order chi connectivity index (χ0) is 22.5. The molecule has 172 valence electrons. The Morgan fingerprint density at radius 2 is 1.73 bits per heavy atom. The first-order valence-electron chi connectivity index (χ1n) is 11.8. The largest absolute Gasteiger partial charge is 0.382 e. The Labute approximate surface area is 194 Å². The quantitative estimate of drug-likeness (QED) is 0.601. The Balaban J connectivity index is 1.23. The maximum Gasteiger partial charge on any atom is 0.137 e. The second-order valence-corrected chi connectivity index (χ2v) is 8.86. The van der Waals surface area contributed by atoms with Gasteiger partial charge in [0, 0.05) is 75.5 Å². The van der Waals surface area contributed by atoms with Gasteiger partial charge in [-0.25, -0.2) is 9.37 Å². The van der Waals surface area contributed by atoms with Gasteiger partial charge in [-0.1, -0.05) is 6.07 Å². The second-order valence-electron chi connectivity index (χ2n) is 8.86. The fourth-order valence-corrected chi connectivity index (χ4v) is 4.67. The van der Waals surface area contributed by atoms with Crippen LogP contribution in [-0.4, -0.2) is 60.2 Å². The minimum Gasteiger partial charge on any atom is -0.382 e. The van der Waals surface area contributed by atoms with E-state index in [2.05, 4.69) is 38.6 Å². The molecule has 0 saturated carbocycles. The summed E-state index contributed by atoms with van der Waals surface area (Å²) in [6.45, 7) is 7.07. The number of piperidine rings is 1. The van der Waals surface area contributed by atoms with Gasteiger partial charge in [-0.15, -0.1) is 0 Å². The molecule has 2 N–H and O–H groups in total. The van der Waals surface area contributed by atoms with Crippen LogP contribution in [0.25, 0.3) is 11.3 Å². The molecule has 0 unspecified atom stereocenters. The molecule has 0 radical (unpaired) electrons. The van der Waals surface area contributed by atoms with Crippen molar-refractivity contribution in [1.29, 1.82) is 0 Å². The predicted molar refractivity (Wildman–Crippen MR) is 131 cm³/mol. The van der Waals surface area contributed by atoms with Gasteiger partial charge in [0.1, 0.15) is 11.6 Å². The fourth-order valence-electron chi connectivity index (χ4n) is 4.67. The Morgan fingerprint density at radius 1 is 0.939 bits per heavy atom. The minimum atomic E-state index is -0.205. The number of rotatable bonds is 6. The number of pyridine rings is 2. The molecule has 1 aromatic carbocycles. The van der Waals surface area contributed by atoms with Crippen molar-refractivity contribution in [3.63, 3.8) is 0 Å². The number of piperazine rings is 1. The Bertz CT molecular complexity index is 1030. The zero-order valence-electron chi connectivity index (χ0n) is 18.9. The van der Waals surface area contributed by atoms with Crippen LogP contribution >= 0.6 is 0 Å². The standard InChI is InChI=1S/C26H31FN6/c27-21-4-6-22(7-5-21)31-23-9-14-33(15-10-23)26-24(2-1-11-29-26)25-8-3-20(18-30-25)19-32-16-12-28-13-17-32/h1-8,11,18,23,28,31H,9-10,12-17,19H2. The van der Waals surface area contributed by atoms with Crippen LogP contribution in [-0.2, 0) is 6.54 Å². The van der Waals surface area contributed by atoms with Crippen molar-refractivity contribution in [3.05, 3.63) is 72.3 Å². The van der Waals surface area contributed by atoms with Crippen LogP contribution in [0.1, 0.15) is 18.4 Å². The molecule has 0 bridgehead atoms. The van der Waals surface area contributed by atoms with Crippen LogP contribution < -0.4 is 15.5 Å². The first kappa shape index (κ1) is 21.8. The minimum absolute atomic E-state index is 0.205. The van der Waals surface area contributed by atoms with E-state index >= 15 is 0 Å². The van der Waals surface area contributed by atoms with Crippen molar-refractivity contribution in [2.45, 2.75) is 25.4 Å². The molecule has 2 aromatic heterocycles. The van der Waals surface area contributed by atoms with Crippen LogP contribution in [0.3, 0.4) is 0 Å². The van der Waals surface area contributed by atoms with E-state index in [1.807, 2.05) is 18.5 Å². The summed E-state index contributed by atoms with van der Waals surface area (Å²) in [5.74, 6) is 0.795. The topological polar surface area (TPSA) is 56.3 Å². The first-order chi connectivity index (χ1) is 16.2. The van der Waals surface area contributed by atoms with Gasteiger partial charge in [-0.05, 0) is 60.9 Å². The Morgan fingerprint density at radius 3 is 2.45 bits per heavy atom. The average molecular weight is 447 g/mol. The zero-order valence-corrected chi connectivity index (χ0v) is 18.9. The fraction of sp³-hybridized carbons (Fsp3) is 0.385. The number of benzene rings is 1. The van der Waals surface area contributed by atoms with Crippen LogP contribution in [0, 0.1) is 5.82 Å². The monoisotopic (exact) mass is 446 g/mol. The van der Waals surface area contributed by atoms with E-state index in [4.69, 9.17) is 9.97 Å². The lowest BCUT2D eigenvalue weighted by Crippen LogP contribution is -2.42. The van der Waals surface area contributed by atoms with E-state index in [0.717, 1.165) is 81.4 Å². The van der Waals surface area contributed by atoms with Crippen LogP contribution in [0.5, 0.6) is 0 Å². The number of hydrogen-bond donors (Lipinski definition) is 2. The van der Waals surface area contributed by atoms with Crippen LogP contribution in [0.2, 0.25) is 0 Å². The highest BCUT2D eigenvalue weighted by molar-refractivity contribution is 5.73. The molecular formula is C26H31FN6. The number of halogens is 1. The molecule has 6 nitrogen and oxygen atoms in total. The number of nitrogens with zero attached hydrogens (tertiary/aromatic N) is 4. The third kappa shape index (κ3) is 5.49. The predicted octanol–water partition coefficient (Wildman–Crippen LogP) is 3.77. The van der Waals surface area contributed by atoms with Gasteiger partial charge in [0.15, 0.2) is 0 Å². The van der Waals surface area contributed by atoms with Gasteiger partial charge in [-0.2, -0.15) is 0 Å². The normalized spacial score (nSPS) is 17.8. The average Bonchev–Trinajstić information content (AvgIpc) is 2.87. The van der Waals surface area contributed by atoms with E-state index in [1.165, 1.54) is 17.7 Å². The molecule has 0 amide bonds. The first-order valence-corrected chi connectivity index (χ1v) is 11.8. The van der Waals surface area contributed by atoms with Gasteiger partial charge in [-0.3, -0.25) is 9.88 Å². The van der Waals surface area contributed by atoms with E-state index in [0.29, 0.717) is 6.04 Å². The van der Waals surface area contributed by atoms with Crippen LogP contribution in [0.4, 0.5) is 15.9 Å². The lowest BCUT2D eigenvalue weighted by atomic mass is 10.0. The van der Waals surface area contributed by atoms with Crippen molar-refractivity contribution < 1.29 is 4.39 Å². The summed E-state index contributed by atoms with van der Waals surface area (Å²) in [6, 6.07) is 15.4. The number of hydrogen-bond acceptors (Lipinski definition) is 6. The van der Waals surface area contributed by atoms with Crippen molar-refractivity contribution in [1.82, 2.24) is 20.2 Å². The van der Waals surface area contributed by atoms with Gasteiger partial charge in [0.2, 0.25) is 0 Å². The van der Waals surface area contributed by atoms with Crippen molar-refractivity contribution in [2.24, 2.45) is 0 Å². The maximum atomic E-state index is 13.2. The van der Waals surface area contributed by atoms with Gasteiger partial charge >= 0.3 is 0 Å². The van der Waals surface area contributed by atoms with E-state index in [9.17, 15) is 4.39 Å². The van der Waals surface area contributed by atoms with Crippen molar-refractivity contribution in [2.75, 3.05) is 49.5 Å². The van der Waals surface area contributed by atoms with Crippen molar-refractivity contribution >= 4 is 11.5 Å². The Hall–Kier alpha value is -3.03. The van der Waals surface area contributed by atoms with Crippen molar-refractivity contribution in [3.8, 4) is 11.3 Å². The third-order valence-corrected chi connectivity index (χ3v) is 6.51. The summed E-state index contributed by atoms with van der Waals surface area (Å²) in [6.07, 6.45) is 5.88. The van der Waals surface area contributed by atoms with Gasteiger partial charge in [0.25, 0.3) is 0 Å². The summed E-state index contributed by atoms with van der Waals surface area (Å²) in [7, 11) is 0. The number of anilines is 2. The summed E-state index contributed by atoms with van der Waals surface area (Å²) in [5.41, 5.74) is 4.27. The lowest BCUT2D eigenvalue weighted by Gasteiger charge is -2.34. The number of nitrogens with one attached hydrogen (secondary N) is 2. The molecule has 7 heteroatoms. The molecule has 4 heterocycles. The molecule has 2 aliphatic rings. The molecule has 3 aromatic rings. The highest BCUT2D eigenvalue weighted by Gasteiger charge is 2.22. The molecule has 2 fully saturated rings. The molecule has 0 aliphatic carbocycles. The van der Waals surface area contributed by atoms with E-state index in [-0.39, 0.29) is 5.82 Å². The van der Waals surface area contributed by atoms with Gasteiger partial charge < -0.3 is 15.5 Å². The molecule has 33 heavy (non-hydrogen) atoms. The second kappa shape index (κ2) is 10.3. The van der Waals surface area contributed by atoms with E-state index < -0.39 is 0 Å². The molecule has 0 spiro atoms. The third-order valence-electron chi connectivity index (χ3n) is 6.51. The smallest absolute Gasteiger partial charge is 0.137 e.